The Hall–Kier alpha value is -2.09. The third-order valence-electron chi connectivity index (χ3n) is 3.19. The Balaban J connectivity index is 2.39. The maximum absolute atomic E-state index is 11.7. The van der Waals surface area contributed by atoms with Crippen LogP contribution in [0.15, 0.2) is 6.07 Å². The maximum Gasteiger partial charge on any atom is 0.241 e. The fraction of sp³-hybridized carbons (Fsp3) is 0.462. The van der Waals surface area contributed by atoms with E-state index in [1.165, 1.54) is 0 Å². The van der Waals surface area contributed by atoms with Gasteiger partial charge in [0.15, 0.2) is 0 Å². The first-order valence-electron chi connectivity index (χ1n) is 5.90. The number of hydrogen-bond acceptors (Lipinski definition) is 4. The first kappa shape index (κ1) is 12.4. The summed E-state index contributed by atoms with van der Waals surface area (Å²) in [4.78, 5) is 19.7. The number of nitrogens with zero attached hydrogens (tertiary/aromatic N) is 4. The number of anilines is 1. The number of amides is 1. The molecule has 1 aliphatic rings. The van der Waals surface area contributed by atoms with E-state index < -0.39 is 0 Å². The van der Waals surface area contributed by atoms with Gasteiger partial charge in [0.25, 0.3) is 0 Å². The Bertz CT molecular complexity index is 533. The van der Waals surface area contributed by atoms with E-state index in [-0.39, 0.29) is 5.91 Å². The minimum atomic E-state index is 0.0612. The third kappa shape index (κ3) is 2.14. The summed E-state index contributed by atoms with van der Waals surface area (Å²) in [5.74, 6) is 0.697. The number of carbonyl (C=O) groups is 1. The summed E-state index contributed by atoms with van der Waals surface area (Å²) in [6.07, 6.45) is 0. The summed E-state index contributed by atoms with van der Waals surface area (Å²) in [5.41, 5.74) is 2.34. The molecule has 0 unspecified atom stereocenters. The van der Waals surface area contributed by atoms with E-state index in [2.05, 4.69) is 11.1 Å². The minimum absolute atomic E-state index is 0.0612. The monoisotopic (exact) mass is 244 g/mol. The lowest BCUT2D eigenvalue weighted by atomic mass is 10.1. The number of aromatic nitrogens is 1. The van der Waals surface area contributed by atoms with Crippen LogP contribution in [-0.2, 0) is 4.79 Å². The molecule has 1 fully saturated rings. The van der Waals surface area contributed by atoms with Crippen LogP contribution in [0.5, 0.6) is 0 Å². The summed E-state index contributed by atoms with van der Waals surface area (Å²) < 4.78 is 0. The van der Waals surface area contributed by atoms with Gasteiger partial charge in [-0.25, -0.2) is 4.98 Å². The first-order chi connectivity index (χ1) is 8.52. The molecule has 1 amide bonds. The van der Waals surface area contributed by atoms with E-state index in [4.69, 9.17) is 0 Å². The second kappa shape index (κ2) is 4.65. The number of carbonyl (C=O) groups excluding carboxylic acids is 1. The summed E-state index contributed by atoms with van der Waals surface area (Å²) in [6, 6.07) is 4.07. The van der Waals surface area contributed by atoms with Crippen molar-refractivity contribution in [3.05, 3.63) is 22.9 Å². The Morgan fingerprint density at radius 2 is 2.11 bits per heavy atom. The zero-order valence-electron chi connectivity index (χ0n) is 10.9. The number of rotatable bonds is 1. The van der Waals surface area contributed by atoms with Gasteiger partial charge in [-0.2, -0.15) is 5.26 Å². The molecule has 0 bridgehead atoms. The second-order valence-corrected chi connectivity index (χ2v) is 4.63. The molecule has 5 nitrogen and oxygen atoms in total. The van der Waals surface area contributed by atoms with Gasteiger partial charge >= 0.3 is 0 Å². The second-order valence-electron chi connectivity index (χ2n) is 4.63. The van der Waals surface area contributed by atoms with Gasteiger partial charge in [-0.1, -0.05) is 0 Å². The van der Waals surface area contributed by atoms with Crippen molar-refractivity contribution in [2.75, 3.05) is 31.6 Å². The van der Waals surface area contributed by atoms with E-state index in [9.17, 15) is 10.1 Å². The van der Waals surface area contributed by atoms with Gasteiger partial charge in [0.1, 0.15) is 11.9 Å². The van der Waals surface area contributed by atoms with Crippen molar-refractivity contribution < 1.29 is 4.79 Å². The SMILES string of the molecule is Cc1cc(C)c(C#N)c(N2CCN(C)C(=O)C2)n1. The number of pyridine rings is 1. The van der Waals surface area contributed by atoms with Crippen LogP contribution in [0, 0.1) is 25.2 Å². The van der Waals surface area contributed by atoms with Crippen molar-refractivity contribution in [2.24, 2.45) is 0 Å². The Morgan fingerprint density at radius 1 is 1.39 bits per heavy atom. The van der Waals surface area contributed by atoms with E-state index >= 15 is 0 Å². The largest absolute Gasteiger partial charge is 0.344 e. The predicted octanol–water partition coefficient (Wildman–Crippen LogP) is 0.849. The van der Waals surface area contributed by atoms with Crippen molar-refractivity contribution in [3.8, 4) is 6.07 Å². The molecule has 18 heavy (non-hydrogen) atoms. The molecule has 0 atom stereocenters. The summed E-state index contributed by atoms with van der Waals surface area (Å²) >= 11 is 0. The highest BCUT2D eigenvalue weighted by atomic mass is 16.2. The highest BCUT2D eigenvalue weighted by Crippen LogP contribution is 2.22. The van der Waals surface area contributed by atoms with Crippen molar-refractivity contribution in [1.82, 2.24) is 9.88 Å². The van der Waals surface area contributed by atoms with E-state index in [0.29, 0.717) is 31.0 Å². The van der Waals surface area contributed by atoms with Crippen molar-refractivity contribution >= 4 is 11.7 Å². The van der Waals surface area contributed by atoms with Gasteiger partial charge in [0, 0.05) is 25.8 Å². The lowest BCUT2D eigenvalue weighted by molar-refractivity contribution is -0.129. The van der Waals surface area contributed by atoms with Crippen LogP contribution >= 0.6 is 0 Å². The molecular weight excluding hydrogens is 228 g/mol. The van der Waals surface area contributed by atoms with Crippen LogP contribution in [0.25, 0.3) is 0 Å². The molecule has 0 aromatic carbocycles. The number of aryl methyl sites for hydroxylation is 2. The number of hydrogen-bond donors (Lipinski definition) is 0. The van der Waals surface area contributed by atoms with Gasteiger partial charge in [0.2, 0.25) is 5.91 Å². The number of piperazine rings is 1. The van der Waals surface area contributed by atoms with Crippen LogP contribution in [-0.4, -0.2) is 42.5 Å². The van der Waals surface area contributed by atoms with E-state index in [1.54, 1.807) is 11.9 Å². The highest BCUT2D eigenvalue weighted by Gasteiger charge is 2.24. The van der Waals surface area contributed by atoms with Crippen LogP contribution in [0.4, 0.5) is 5.82 Å². The lowest BCUT2D eigenvalue weighted by Crippen LogP contribution is -2.49. The van der Waals surface area contributed by atoms with Crippen molar-refractivity contribution in [3.63, 3.8) is 0 Å². The standard InChI is InChI=1S/C13H16N4O/c1-9-6-10(2)15-13(11(9)7-14)17-5-4-16(3)12(18)8-17/h6H,4-5,8H2,1-3H3. The fourth-order valence-corrected chi connectivity index (χ4v) is 2.12. The van der Waals surface area contributed by atoms with Crippen LogP contribution in [0.3, 0.4) is 0 Å². The average Bonchev–Trinajstić information content (AvgIpc) is 2.32. The van der Waals surface area contributed by atoms with Gasteiger partial charge in [-0.15, -0.1) is 0 Å². The first-order valence-corrected chi connectivity index (χ1v) is 5.90. The number of likely N-dealkylation sites (N-methyl/N-ethyl adjacent to an activating group) is 1. The van der Waals surface area contributed by atoms with E-state index in [1.807, 2.05) is 24.8 Å². The average molecular weight is 244 g/mol. The van der Waals surface area contributed by atoms with Gasteiger partial charge < -0.3 is 9.80 Å². The third-order valence-corrected chi connectivity index (χ3v) is 3.19. The maximum atomic E-state index is 11.7. The topological polar surface area (TPSA) is 60.2 Å². The Morgan fingerprint density at radius 3 is 2.72 bits per heavy atom. The molecule has 0 saturated carbocycles. The molecule has 2 rings (SSSR count). The normalized spacial score (nSPS) is 15.8. The summed E-state index contributed by atoms with van der Waals surface area (Å²) in [7, 11) is 1.79. The predicted molar refractivity (Wildman–Crippen MR) is 68.3 cm³/mol. The van der Waals surface area contributed by atoms with Crippen LogP contribution < -0.4 is 4.90 Å². The zero-order chi connectivity index (χ0) is 13.3. The molecule has 94 valence electrons. The molecule has 1 aromatic heterocycles. The van der Waals surface area contributed by atoms with Gasteiger partial charge in [-0.3, -0.25) is 4.79 Å². The Labute approximate surface area is 107 Å². The molecule has 1 saturated heterocycles. The summed E-state index contributed by atoms with van der Waals surface area (Å²) in [5, 5.41) is 9.23. The zero-order valence-corrected chi connectivity index (χ0v) is 10.9. The van der Waals surface area contributed by atoms with Crippen molar-refractivity contribution in [1.29, 1.82) is 5.26 Å². The van der Waals surface area contributed by atoms with Crippen LogP contribution in [0.1, 0.15) is 16.8 Å². The molecule has 0 N–H and O–H groups in total. The van der Waals surface area contributed by atoms with Gasteiger partial charge in [-0.05, 0) is 25.5 Å². The van der Waals surface area contributed by atoms with Crippen LogP contribution in [0.2, 0.25) is 0 Å². The highest BCUT2D eigenvalue weighted by molar-refractivity contribution is 5.82. The molecule has 1 aliphatic heterocycles. The Kier molecular flexibility index (Phi) is 3.19. The van der Waals surface area contributed by atoms with Crippen molar-refractivity contribution in [2.45, 2.75) is 13.8 Å². The van der Waals surface area contributed by atoms with Gasteiger partial charge in [0.05, 0.1) is 12.1 Å². The molecular formula is C13H16N4O. The number of nitriles is 1. The smallest absolute Gasteiger partial charge is 0.241 e. The van der Waals surface area contributed by atoms with E-state index in [0.717, 1.165) is 11.3 Å². The molecule has 0 aliphatic carbocycles. The minimum Gasteiger partial charge on any atom is -0.344 e. The quantitative estimate of drug-likeness (QED) is 0.734. The fourth-order valence-electron chi connectivity index (χ4n) is 2.12. The molecule has 0 spiro atoms. The lowest BCUT2D eigenvalue weighted by Gasteiger charge is -2.33. The molecule has 5 heteroatoms. The summed E-state index contributed by atoms with van der Waals surface area (Å²) in [6.45, 7) is 5.47. The molecule has 0 radical (unpaired) electrons. The molecule has 1 aromatic rings. The molecule has 2 heterocycles.